The molecule has 27 heavy (non-hydrogen) atoms. The Bertz CT molecular complexity index is 659. The topological polar surface area (TPSA) is 70.7 Å². The molecule has 2 aliphatic heterocycles. The van der Waals surface area contributed by atoms with Crippen molar-refractivity contribution in [2.24, 2.45) is 0 Å². The van der Waals surface area contributed by atoms with Crippen molar-refractivity contribution >= 4 is 41.0 Å². The summed E-state index contributed by atoms with van der Waals surface area (Å²) in [6.45, 7) is 3.93. The van der Waals surface area contributed by atoms with Crippen LogP contribution in [0.15, 0.2) is 29.2 Å². The highest BCUT2D eigenvalue weighted by Gasteiger charge is 2.39. The van der Waals surface area contributed by atoms with Gasteiger partial charge in [-0.15, -0.1) is 11.8 Å². The first kappa shape index (κ1) is 20.5. The van der Waals surface area contributed by atoms with Gasteiger partial charge in [-0.1, -0.05) is 12.1 Å². The number of thioether (sulfide) groups is 2. The van der Waals surface area contributed by atoms with Crippen LogP contribution in [0.1, 0.15) is 12.8 Å². The van der Waals surface area contributed by atoms with E-state index < -0.39 is 11.8 Å². The molecular formula is C19H27N3O3S2. The number of carbonyl (C=O) groups is 2. The lowest BCUT2D eigenvalue weighted by molar-refractivity contribution is -0.136. The van der Waals surface area contributed by atoms with Crippen molar-refractivity contribution in [2.45, 2.75) is 23.3 Å². The van der Waals surface area contributed by atoms with Crippen molar-refractivity contribution in [1.29, 1.82) is 0 Å². The largest absolute Gasteiger partial charge is 0.381 e. The minimum absolute atomic E-state index is 0.105. The summed E-state index contributed by atoms with van der Waals surface area (Å²) in [4.78, 5) is 28.2. The van der Waals surface area contributed by atoms with Crippen LogP contribution in [0.4, 0.5) is 5.69 Å². The summed E-state index contributed by atoms with van der Waals surface area (Å²) in [5.74, 6) is 1.03. The van der Waals surface area contributed by atoms with Gasteiger partial charge in [0, 0.05) is 54.8 Å². The molecule has 1 aromatic rings. The fourth-order valence-corrected chi connectivity index (χ4v) is 5.10. The Morgan fingerprint density at radius 2 is 1.89 bits per heavy atom. The standard InChI is InChI=1S/C19H27N3O3S2/c1-26-16-5-3-2-4-15(16)21-18(24)17(23)20-14-19(6-10-25-11-7-19)22-8-12-27-13-9-22/h2-5H,6-14H2,1H3,(H,20,23)(H,21,24). The number of rotatable bonds is 5. The zero-order valence-corrected chi connectivity index (χ0v) is 17.3. The summed E-state index contributed by atoms with van der Waals surface area (Å²) < 4.78 is 5.55. The Hall–Kier alpha value is -1.22. The van der Waals surface area contributed by atoms with Gasteiger partial charge in [0.15, 0.2) is 0 Å². The molecule has 3 rings (SSSR count). The van der Waals surface area contributed by atoms with Crippen LogP contribution in [0, 0.1) is 0 Å². The quantitative estimate of drug-likeness (QED) is 0.573. The van der Waals surface area contributed by atoms with Crippen molar-refractivity contribution in [1.82, 2.24) is 10.2 Å². The number of carbonyl (C=O) groups excluding carboxylic acids is 2. The van der Waals surface area contributed by atoms with Crippen LogP contribution in [-0.4, -0.2) is 72.9 Å². The zero-order valence-electron chi connectivity index (χ0n) is 15.7. The average molecular weight is 410 g/mol. The molecule has 0 atom stereocenters. The molecule has 0 unspecified atom stereocenters. The Kier molecular flexibility index (Phi) is 7.46. The molecule has 2 amide bonds. The van der Waals surface area contributed by atoms with E-state index in [2.05, 4.69) is 15.5 Å². The molecule has 0 bridgehead atoms. The summed E-state index contributed by atoms with van der Waals surface area (Å²) in [6.07, 6.45) is 3.71. The van der Waals surface area contributed by atoms with Crippen LogP contribution >= 0.6 is 23.5 Å². The van der Waals surface area contributed by atoms with Crippen molar-refractivity contribution in [3.63, 3.8) is 0 Å². The highest BCUT2D eigenvalue weighted by atomic mass is 32.2. The number of benzene rings is 1. The molecule has 8 heteroatoms. The van der Waals surface area contributed by atoms with Gasteiger partial charge in [0.2, 0.25) is 0 Å². The van der Waals surface area contributed by atoms with Crippen molar-refractivity contribution < 1.29 is 14.3 Å². The predicted molar refractivity (Wildman–Crippen MR) is 112 cm³/mol. The number of amides is 2. The first-order chi connectivity index (χ1) is 13.1. The normalized spacial score (nSPS) is 20.0. The van der Waals surface area contributed by atoms with E-state index in [1.165, 1.54) is 11.8 Å². The SMILES string of the molecule is CSc1ccccc1NC(=O)C(=O)NCC1(N2CCSCC2)CCOCC1. The maximum absolute atomic E-state index is 12.4. The summed E-state index contributed by atoms with van der Waals surface area (Å²) in [5, 5.41) is 5.61. The van der Waals surface area contributed by atoms with Gasteiger partial charge < -0.3 is 15.4 Å². The van der Waals surface area contributed by atoms with E-state index in [1.807, 2.05) is 42.3 Å². The maximum Gasteiger partial charge on any atom is 0.313 e. The number of hydrogen-bond acceptors (Lipinski definition) is 6. The fraction of sp³-hybridized carbons (Fsp3) is 0.579. The van der Waals surface area contributed by atoms with Gasteiger partial charge in [0.25, 0.3) is 0 Å². The van der Waals surface area contributed by atoms with Crippen LogP contribution in [0.5, 0.6) is 0 Å². The summed E-state index contributed by atoms with van der Waals surface area (Å²) in [7, 11) is 0. The molecule has 0 aliphatic carbocycles. The third-order valence-corrected chi connectivity index (χ3v) is 6.98. The third-order valence-electron chi connectivity index (χ3n) is 5.24. The van der Waals surface area contributed by atoms with Crippen LogP contribution in [-0.2, 0) is 14.3 Å². The number of nitrogens with one attached hydrogen (secondary N) is 2. The number of nitrogens with zero attached hydrogens (tertiary/aromatic N) is 1. The Morgan fingerprint density at radius 3 is 2.59 bits per heavy atom. The van der Waals surface area contributed by atoms with E-state index in [9.17, 15) is 9.59 Å². The monoisotopic (exact) mass is 409 g/mol. The molecule has 2 heterocycles. The van der Waals surface area contributed by atoms with E-state index >= 15 is 0 Å². The Balaban J connectivity index is 1.60. The van der Waals surface area contributed by atoms with Crippen molar-refractivity contribution in [3.8, 4) is 0 Å². The minimum atomic E-state index is -0.618. The maximum atomic E-state index is 12.4. The molecule has 148 valence electrons. The minimum Gasteiger partial charge on any atom is -0.381 e. The van der Waals surface area contributed by atoms with Crippen LogP contribution < -0.4 is 10.6 Å². The molecule has 1 aromatic carbocycles. The second-order valence-electron chi connectivity index (χ2n) is 6.77. The smallest absolute Gasteiger partial charge is 0.313 e. The Morgan fingerprint density at radius 1 is 1.19 bits per heavy atom. The average Bonchev–Trinajstić information content (AvgIpc) is 2.73. The summed E-state index contributed by atoms with van der Waals surface area (Å²) in [6, 6.07) is 7.48. The fourth-order valence-electron chi connectivity index (χ4n) is 3.65. The zero-order chi connectivity index (χ0) is 19.1. The van der Waals surface area contributed by atoms with E-state index in [-0.39, 0.29) is 5.54 Å². The number of para-hydroxylation sites is 1. The summed E-state index contributed by atoms with van der Waals surface area (Å²) >= 11 is 3.50. The highest BCUT2D eigenvalue weighted by Crippen LogP contribution is 2.30. The number of hydrogen-bond donors (Lipinski definition) is 2. The van der Waals surface area contributed by atoms with Gasteiger partial charge in [-0.3, -0.25) is 14.5 Å². The molecule has 2 saturated heterocycles. The molecule has 6 nitrogen and oxygen atoms in total. The third kappa shape index (κ3) is 5.19. The number of ether oxygens (including phenoxy) is 1. The van der Waals surface area contributed by atoms with E-state index in [0.29, 0.717) is 25.4 Å². The lowest BCUT2D eigenvalue weighted by atomic mass is 9.87. The second kappa shape index (κ2) is 9.82. The van der Waals surface area contributed by atoms with Gasteiger partial charge in [-0.25, -0.2) is 0 Å². The molecule has 2 N–H and O–H groups in total. The molecule has 2 fully saturated rings. The van der Waals surface area contributed by atoms with Crippen LogP contribution in [0.2, 0.25) is 0 Å². The summed E-state index contributed by atoms with van der Waals surface area (Å²) in [5.41, 5.74) is 0.561. The van der Waals surface area contributed by atoms with Crippen molar-refractivity contribution in [2.75, 3.05) is 55.9 Å². The highest BCUT2D eigenvalue weighted by molar-refractivity contribution is 7.99. The molecule has 0 saturated carbocycles. The van der Waals surface area contributed by atoms with Gasteiger partial charge in [-0.05, 0) is 31.2 Å². The van der Waals surface area contributed by atoms with Crippen LogP contribution in [0.3, 0.4) is 0 Å². The van der Waals surface area contributed by atoms with Crippen molar-refractivity contribution in [3.05, 3.63) is 24.3 Å². The lowest BCUT2D eigenvalue weighted by Crippen LogP contribution is -2.61. The molecular weight excluding hydrogens is 382 g/mol. The lowest BCUT2D eigenvalue weighted by Gasteiger charge is -2.47. The number of anilines is 1. The molecule has 2 aliphatic rings. The first-order valence-corrected chi connectivity index (χ1v) is 11.7. The molecule has 0 aromatic heterocycles. The predicted octanol–water partition coefficient (Wildman–Crippen LogP) is 2.06. The van der Waals surface area contributed by atoms with Gasteiger partial charge in [0.1, 0.15) is 0 Å². The van der Waals surface area contributed by atoms with Gasteiger partial charge in [0.05, 0.1) is 5.69 Å². The van der Waals surface area contributed by atoms with E-state index in [1.54, 1.807) is 0 Å². The molecule has 0 spiro atoms. The van der Waals surface area contributed by atoms with E-state index in [0.717, 1.165) is 42.3 Å². The Labute approximate surface area is 169 Å². The second-order valence-corrected chi connectivity index (χ2v) is 8.85. The van der Waals surface area contributed by atoms with Gasteiger partial charge >= 0.3 is 11.8 Å². The first-order valence-electron chi connectivity index (χ1n) is 9.27. The van der Waals surface area contributed by atoms with Crippen LogP contribution in [0.25, 0.3) is 0 Å². The van der Waals surface area contributed by atoms with E-state index in [4.69, 9.17) is 4.74 Å². The molecule has 0 radical (unpaired) electrons. The van der Waals surface area contributed by atoms with Gasteiger partial charge in [-0.2, -0.15) is 11.8 Å².